The molecule has 130 valence electrons. The van der Waals surface area contributed by atoms with E-state index < -0.39 is 18.5 Å². The Morgan fingerprint density at radius 1 is 1.08 bits per heavy atom. The predicted octanol–water partition coefficient (Wildman–Crippen LogP) is 3.73. The molecule has 0 aliphatic rings. The highest BCUT2D eigenvalue weighted by Crippen LogP contribution is 2.22. The van der Waals surface area contributed by atoms with E-state index in [0.717, 1.165) is 6.08 Å². The second-order valence-corrected chi connectivity index (χ2v) is 4.78. The van der Waals surface area contributed by atoms with E-state index in [1.54, 1.807) is 30.3 Å². The molecule has 5 nitrogen and oxygen atoms in total. The average molecular weight is 347 g/mol. The van der Waals surface area contributed by atoms with Crippen molar-refractivity contribution in [2.45, 2.75) is 6.61 Å². The highest BCUT2D eigenvalue weighted by molar-refractivity contribution is 6.06. The Labute approximate surface area is 142 Å². The van der Waals surface area contributed by atoms with Gasteiger partial charge >= 0.3 is 12.6 Å². The van der Waals surface area contributed by atoms with Crippen LogP contribution in [-0.4, -0.2) is 25.6 Å². The molecule has 0 saturated carbocycles. The van der Waals surface area contributed by atoms with Gasteiger partial charge in [-0.25, -0.2) is 4.79 Å². The summed E-state index contributed by atoms with van der Waals surface area (Å²) in [4.78, 5) is 23.7. The summed E-state index contributed by atoms with van der Waals surface area (Å²) in [5.41, 5.74) is 0.800. The maximum absolute atomic E-state index is 12.4. The first-order chi connectivity index (χ1) is 12.0. The van der Waals surface area contributed by atoms with Gasteiger partial charge in [0.1, 0.15) is 5.75 Å². The lowest BCUT2D eigenvalue weighted by atomic mass is 10.1. The number of nitrogens with one attached hydrogen (secondary N) is 1. The van der Waals surface area contributed by atoms with Gasteiger partial charge in [0.15, 0.2) is 0 Å². The number of esters is 1. The van der Waals surface area contributed by atoms with Crippen LogP contribution in [0.25, 0.3) is 6.08 Å². The van der Waals surface area contributed by atoms with Crippen LogP contribution in [0.15, 0.2) is 54.6 Å². The largest absolute Gasteiger partial charge is 0.465 e. The molecule has 0 aliphatic carbocycles. The topological polar surface area (TPSA) is 64.6 Å². The van der Waals surface area contributed by atoms with Crippen LogP contribution in [0.4, 0.5) is 14.5 Å². The maximum atomic E-state index is 12.4. The van der Waals surface area contributed by atoms with Gasteiger partial charge < -0.3 is 14.8 Å². The van der Waals surface area contributed by atoms with E-state index in [2.05, 4.69) is 14.8 Å². The number of hydrogen-bond acceptors (Lipinski definition) is 4. The number of methoxy groups -OCH3 is 1. The summed E-state index contributed by atoms with van der Waals surface area (Å²) >= 11 is 0. The van der Waals surface area contributed by atoms with Gasteiger partial charge in [-0.2, -0.15) is 8.78 Å². The molecule has 0 aliphatic heterocycles. The summed E-state index contributed by atoms with van der Waals surface area (Å²) in [5.74, 6) is -1.17. The van der Waals surface area contributed by atoms with E-state index in [4.69, 9.17) is 0 Å². The molecule has 7 heteroatoms. The number of anilines is 1. The van der Waals surface area contributed by atoms with Crippen molar-refractivity contribution in [2.75, 3.05) is 12.4 Å². The summed E-state index contributed by atoms with van der Waals surface area (Å²) in [6.07, 6.45) is 2.50. The van der Waals surface area contributed by atoms with E-state index in [-0.39, 0.29) is 17.0 Å². The Balaban J connectivity index is 2.14. The average Bonchev–Trinajstić information content (AvgIpc) is 2.60. The van der Waals surface area contributed by atoms with Crippen LogP contribution in [0.5, 0.6) is 5.75 Å². The number of halogens is 2. The van der Waals surface area contributed by atoms with Crippen molar-refractivity contribution in [3.05, 3.63) is 65.7 Å². The molecule has 1 N–H and O–H groups in total. The summed E-state index contributed by atoms with van der Waals surface area (Å²) < 4.78 is 33.8. The lowest BCUT2D eigenvalue weighted by Crippen LogP contribution is -2.12. The van der Waals surface area contributed by atoms with Crippen LogP contribution < -0.4 is 10.1 Å². The first-order valence-electron chi connectivity index (χ1n) is 7.21. The maximum Gasteiger partial charge on any atom is 0.387 e. The van der Waals surface area contributed by atoms with Crippen molar-refractivity contribution in [1.29, 1.82) is 0 Å². The number of carbonyl (C=O) groups excluding carboxylic acids is 2. The smallest absolute Gasteiger partial charge is 0.387 e. The van der Waals surface area contributed by atoms with Gasteiger partial charge in [0.25, 0.3) is 0 Å². The minimum Gasteiger partial charge on any atom is -0.465 e. The Morgan fingerprint density at radius 3 is 2.48 bits per heavy atom. The Hall–Kier alpha value is -3.22. The fourth-order valence-corrected chi connectivity index (χ4v) is 2.04. The van der Waals surface area contributed by atoms with Crippen molar-refractivity contribution >= 4 is 23.6 Å². The zero-order valence-corrected chi connectivity index (χ0v) is 13.2. The van der Waals surface area contributed by atoms with E-state index in [1.807, 2.05) is 0 Å². The summed E-state index contributed by atoms with van der Waals surface area (Å²) in [6, 6.07) is 12.4. The van der Waals surface area contributed by atoms with Crippen molar-refractivity contribution in [1.82, 2.24) is 0 Å². The standard InChI is InChI=1S/C18H15F2NO4/c1-24-17(23)13-7-3-4-8-14(13)21-16(22)11-10-12-6-2-5-9-15(12)25-18(19)20/h2-11,18H,1H3,(H,21,22)/b11-10+. The fourth-order valence-electron chi connectivity index (χ4n) is 2.04. The minimum atomic E-state index is -2.96. The Bertz CT molecular complexity index is 790. The normalized spacial score (nSPS) is 10.7. The minimum absolute atomic E-state index is 0.0449. The zero-order valence-electron chi connectivity index (χ0n) is 13.2. The van der Waals surface area contributed by atoms with E-state index in [0.29, 0.717) is 5.56 Å². The highest BCUT2D eigenvalue weighted by atomic mass is 19.3. The summed E-state index contributed by atoms with van der Waals surface area (Å²) in [6.45, 7) is -2.96. The lowest BCUT2D eigenvalue weighted by molar-refractivity contribution is -0.111. The van der Waals surface area contributed by atoms with E-state index in [9.17, 15) is 18.4 Å². The third-order valence-corrected chi connectivity index (χ3v) is 3.14. The van der Waals surface area contributed by atoms with Gasteiger partial charge in [0.05, 0.1) is 18.4 Å². The molecule has 0 fully saturated rings. The summed E-state index contributed by atoms with van der Waals surface area (Å²) in [5, 5.41) is 2.54. The molecule has 2 aromatic rings. The van der Waals surface area contributed by atoms with Gasteiger partial charge in [-0.3, -0.25) is 4.79 Å². The van der Waals surface area contributed by atoms with Gasteiger partial charge in [-0.05, 0) is 24.3 Å². The molecular weight excluding hydrogens is 332 g/mol. The summed E-state index contributed by atoms with van der Waals surface area (Å²) in [7, 11) is 1.24. The van der Waals surface area contributed by atoms with Crippen molar-refractivity contribution in [3.8, 4) is 5.75 Å². The number of amides is 1. The highest BCUT2D eigenvalue weighted by Gasteiger charge is 2.12. The van der Waals surface area contributed by atoms with Crippen LogP contribution in [-0.2, 0) is 9.53 Å². The quantitative estimate of drug-likeness (QED) is 0.639. The lowest BCUT2D eigenvalue weighted by Gasteiger charge is -2.08. The molecule has 0 aromatic heterocycles. The number of rotatable bonds is 6. The third kappa shape index (κ3) is 5.13. The van der Waals surface area contributed by atoms with Crippen LogP contribution in [0.2, 0.25) is 0 Å². The number of carbonyl (C=O) groups is 2. The first kappa shape index (κ1) is 18.1. The SMILES string of the molecule is COC(=O)c1ccccc1NC(=O)/C=C/c1ccccc1OC(F)F. The van der Waals surface area contributed by atoms with Gasteiger partial charge in [0, 0.05) is 11.6 Å². The molecular formula is C18H15F2NO4. The number of benzene rings is 2. The van der Waals surface area contributed by atoms with Crippen LogP contribution in [0.3, 0.4) is 0 Å². The zero-order chi connectivity index (χ0) is 18.2. The number of hydrogen-bond donors (Lipinski definition) is 1. The second-order valence-electron chi connectivity index (χ2n) is 4.78. The third-order valence-electron chi connectivity index (χ3n) is 3.14. The molecule has 25 heavy (non-hydrogen) atoms. The van der Waals surface area contributed by atoms with Gasteiger partial charge in [-0.15, -0.1) is 0 Å². The Kier molecular flexibility index (Phi) is 6.22. The predicted molar refractivity (Wildman–Crippen MR) is 88.5 cm³/mol. The molecule has 0 bridgehead atoms. The molecule has 0 spiro atoms. The fraction of sp³-hybridized carbons (Fsp3) is 0.111. The molecule has 0 atom stereocenters. The van der Waals surface area contributed by atoms with Crippen LogP contribution in [0, 0.1) is 0 Å². The Morgan fingerprint density at radius 2 is 1.76 bits per heavy atom. The van der Waals surface area contributed by atoms with Crippen LogP contribution in [0.1, 0.15) is 15.9 Å². The monoisotopic (exact) mass is 347 g/mol. The van der Waals surface area contributed by atoms with E-state index in [1.165, 1.54) is 31.4 Å². The number of ether oxygens (including phenoxy) is 2. The van der Waals surface area contributed by atoms with Gasteiger partial charge in [0.2, 0.25) is 5.91 Å². The van der Waals surface area contributed by atoms with Crippen LogP contribution >= 0.6 is 0 Å². The van der Waals surface area contributed by atoms with Crippen molar-refractivity contribution < 1.29 is 27.8 Å². The molecule has 0 unspecified atom stereocenters. The molecule has 0 heterocycles. The first-order valence-corrected chi connectivity index (χ1v) is 7.21. The molecule has 2 aromatic carbocycles. The van der Waals surface area contributed by atoms with Gasteiger partial charge in [-0.1, -0.05) is 30.3 Å². The molecule has 0 saturated heterocycles. The van der Waals surface area contributed by atoms with E-state index >= 15 is 0 Å². The molecule has 2 rings (SSSR count). The molecule has 1 amide bonds. The second kappa shape index (κ2) is 8.58. The van der Waals surface area contributed by atoms with Crippen molar-refractivity contribution in [3.63, 3.8) is 0 Å². The number of para-hydroxylation sites is 2. The molecule has 0 radical (unpaired) electrons. The van der Waals surface area contributed by atoms with Crippen molar-refractivity contribution in [2.24, 2.45) is 0 Å². The number of alkyl halides is 2.